The number of oxazole rings is 1. The van der Waals surface area contributed by atoms with Crippen molar-refractivity contribution < 1.29 is 13.6 Å². The summed E-state index contributed by atoms with van der Waals surface area (Å²) in [7, 11) is 0. The van der Waals surface area contributed by atoms with E-state index in [0.717, 1.165) is 25.1 Å². The summed E-state index contributed by atoms with van der Waals surface area (Å²) in [6.07, 6.45) is 1.57. The topological polar surface area (TPSA) is 49.6 Å². The van der Waals surface area contributed by atoms with Crippen molar-refractivity contribution in [3.8, 4) is 0 Å². The first-order valence-electron chi connectivity index (χ1n) is 10.1. The fraction of sp³-hybridized carbons (Fsp3) is 0.545. The number of aromatic nitrogens is 1. The van der Waals surface area contributed by atoms with Gasteiger partial charge in [-0.05, 0) is 37.0 Å². The van der Waals surface area contributed by atoms with E-state index >= 15 is 0 Å². The molecule has 5 nitrogen and oxygen atoms in total. The van der Waals surface area contributed by atoms with Crippen LogP contribution in [0.5, 0.6) is 0 Å². The second-order valence-corrected chi connectivity index (χ2v) is 7.89. The fourth-order valence-corrected chi connectivity index (χ4v) is 3.85. The number of rotatable bonds is 5. The summed E-state index contributed by atoms with van der Waals surface area (Å²) in [6.45, 7) is 11.2. The summed E-state index contributed by atoms with van der Waals surface area (Å²) in [4.78, 5) is 21.8. The predicted molar refractivity (Wildman–Crippen MR) is 107 cm³/mol. The molecule has 0 N–H and O–H groups in total. The highest BCUT2D eigenvalue weighted by Gasteiger charge is 2.32. The van der Waals surface area contributed by atoms with Gasteiger partial charge in [-0.1, -0.05) is 32.9 Å². The van der Waals surface area contributed by atoms with E-state index in [2.05, 4.69) is 23.7 Å². The van der Waals surface area contributed by atoms with Crippen molar-refractivity contribution in [3.63, 3.8) is 0 Å². The zero-order valence-electron chi connectivity index (χ0n) is 17.2. The number of nitrogens with zero attached hydrogens (tertiary/aromatic N) is 3. The Bertz CT molecular complexity index is 801. The molecule has 1 fully saturated rings. The molecule has 0 bridgehead atoms. The lowest BCUT2D eigenvalue weighted by molar-refractivity contribution is 0.0669. The van der Waals surface area contributed by atoms with E-state index in [-0.39, 0.29) is 17.8 Å². The summed E-state index contributed by atoms with van der Waals surface area (Å²) < 4.78 is 18.9. The lowest BCUT2D eigenvalue weighted by atomic mass is 10.0. The normalized spacial score (nSPS) is 18.5. The maximum Gasteiger partial charge on any atom is 0.291 e. The van der Waals surface area contributed by atoms with Crippen LogP contribution in [0.3, 0.4) is 0 Å². The molecule has 0 aliphatic carbocycles. The molecule has 1 aromatic heterocycles. The second kappa shape index (κ2) is 8.86. The Morgan fingerprint density at radius 2 is 2.00 bits per heavy atom. The van der Waals surface area contributed by atoms with Gasteiger partial charge < -0.3 is 9.32 Å². The molecule has 1 saturated heterocycles. The first kappa shape index (κ1) is 20.5. The Balaban J connectivity index is 1.77. The molecule has 0 saturated carbocycles. The van der Waals surface area contributed by atoms with Crippen molar-refractivity contribution >= 4 is 5.91 Å². The molecule has 0 spiro atoms. The molecule has 1 amide bonds. The minimum Gasteiger partial charge on any atom is -0.435 e. The Kier molecular flexibility index (Phi) is 6.50. The van der Waals surface area contributed by atoms with Gasteiger partial charge in [-0.25, -0.2) is 9.37 Å². The third-order valence-electron chi connectivity index (χ3n) is 5.44. The van der Waals surface area contributed by atoms with Gasteiger partial charge in [0.1, 0.15) is 5.82 Å². The van der Waals surface area contributed by atoms with E-state index in [4.69, 9.17) is 4.42 Å². The molecule has 1 aliphatic rings. The van der Waals surface area contributed by atoms with E-state index in [0.29, 0.717) is 42.8 Å². The molecule has 152 valence electrons. The molecule has 1 atom stereocenters. The van der Waals surface area contributed by atoms with Crippen LogP contribution >= 0.6 is 0 Å². The molecular weight excluding hydrogens is 357 g/mol. The summed E-state index contributed by atoms with van der Waals surface area (Å²) >= 11 is 0. The molecule has 1 unspecified atom stereocenters. The van der Waals surface area contributed by atoms with E-state index in [9.17, 15) is 9.18 Å². The van der Waals surface area contributed by atoms with E-state index in [1.807, 2.05) is 30.9 Å². The van der Waals surface area contributed by atoms with Crippen molar-refractivity contribution in [1.29, 1.82) is 0 Å². The van der Waals surface area contributed by atoms with Crippen LogP contribution in [0.4, 0.5) is 4.39 Å². The fourth-order valence-electron chi connectivity index (χ4n) is 3.85. The summed E-state index contributed by atoms with van der Waals surface area (Å²) in [6, 6.07) is 6.91. The van der Waals surface area contributed by atoms with Crippen LogP contribution in [0.25, 0.3) is 0 Å². The molecule has 2 heterocycles. The highest BCUT2D eigenvalue weighted by molar-refractivity contribution is 5.92. The van der Waals surface area contributed by atoms with Crippen LogP contribution < -0.4 is 0 Å². The number of halogens is 1. The zero-order valence-corrected chi connectivity index (χ0v) is 17.2. The molecule has 28 heavy (non-hydrogen) atoms. The average molecular weight is 387 g/mol. The standard InChI is InChI=1S/C22H30FN3O2/c1-5-20-24-16(4)21(28-20)22(27)26-12-6-11-25(19(14-26)15(2)3)13-17-7-9-18(23)10-8-17/h7-10,15,19H,5-6,11-14H2,1-4H3. The largest absolute Gasteiger partial charge is 0.435 e. The van der Waals surface area contributed by atoms with Gasteiger partial charge in [-0.3, -0.25) is 9.69 Å². The van der Waals surface area contributed by atoms with Crippen molar-refractivity contribution in [1.82, 2.24) is 14.8 Å². The quantitative estimate of drug-likeness (QED) is 0.776. The highest BCUT2D eigenvalue weighted by atomic mass is 19.1. The van der Waals surface area contributed by atoms with E-state index in [1.54, 1.807) is 0 Å². The third-order valence-corrected chi connectivity index (χ3v) is 5.44. The van der Waals surface area contributed by atoms with E-state index in [1.165, 1.54) is 12.1 Å². The lowest BCUT2D eigenvalue weighted by Crippen LogP contribution is -2.45. The van der Waals surface area contributed by atoms with Gasteiger partial charge in [-0.2, -0.15) is 0 Å². The third kappa shape index (κ3) is 4.61. The molecule has 2 aromatic rings. The van der Waals surface area contributed by atoms with Gasteiger partial charge in [0, 0.05) is 38.6 Å². The number of benzene rings is 1. The smallest absolute Gasteiger partial charge is 0.291 e. The van der Waals surface area contributed by atoms with Crippen molar-refractivity contribution in [2.75, 3.05) is 19.6 Å². The van der Waals surface area contributed by atoms with Crippen LogP contribution in [0, 0.1) is 18.7 Å². The van der Waals surface area contributed by atoms with Crippen molar-refractivity contribution in [2.24, 2.45) is 5.92 Å². The van der Waals surface area contributed by atoms with E-state index < -0.39 is 0 Å². The number of carbonyl (C=O) groups excluding carboxylic acids is 1. The molecule has 0 radical (unpaired) electrons. The maximum atomic E-state index is 13.2. The predicted octanol–water partition coefficient (Wildman–Crippen LogP) is 4.06. The second-order valence-electron chi connectivity index (χ2n) is 7.89. The van der Waals surface area contributed by atoms with Crippen molar-refractivity contribution in [2.45, 2.75) is 53.1 Å². The Morgan fingerprint density at radius 1 is 1.29 bits per heavy atom. The van der Waals surface area contributed by atoms with Crippen molar-refractivity contribution in [3.05, 3.63) is 53.0 Å². The van der Waals surface area contributed by atoms with Crippen LogP contribution in [0.2, 0.25) is 0 Å². The molecule has 1 aromatic carbocycles. The first-order valence-corrected chi connectivity index (χ1v) is 10.1. The average Bonchev–Trinajstić information content (AvgIpc) is 2.92. The van der Waals surface area contributed by atoms with Gasteiger partial charge in [-0.15, -0.1) is 0 Å². The highest BCUT2D eigenvalue weighted by Crippen LogP contribution is 2.22. The summed E-state index contributed by atoms with van der Waals surface area (Å²) in [5.74, 6) is 1.07. The lowest BCUT2D eigenvalue weighted by Gasteiger charge is -2.34. The minimum absolute atomic E-state index is 0.0704. The van der Waals surface area contributed by atoms with Crippen LogP contribution in [0.15, 0.2) is 28.7 Å². The number of amides is 1. The number of aryl methyl sites for hydroxylation is 2. The first-order chi connectivity index (χ1) is 13.4. The number of hydrogen-bond donors (Lipinski definition) is 0. The summed E-state index contributed by atoms with van der Waals surface area (Å²) in [5, 5.41) is 0. The van der Waals surface area contributed by atoms with Gasteiger partial charge in [0.05, 0.1) is 5.69 Å². The summed E-state index contributed by atoms with van der Waals surface area (Å²) in [5.41, 5.74) is 1.75. The maximum absolute atomic E-state index is 13.2. The SMILES string of the molecule is CCc1nc(C)c(C(=O)N2CCCN(Cc3ccc(F)cc3)C(C(C)C)C2)o1. The van der Waals surface area contributed by atoms with Crippen LogP contribution in [-0.4, -0.2) is 46.4 Å². The zero-order chi connectivity index (χ0) is 20.3. The number of carbonyl (C=O) groups is 1. The Morgan fingerprint density at radius 3 is 2.61 bits per heavy atom. The van der Waals surface area contributed by atoms with Crippen LogP contribution in [-0.2, 0) is 13.0 Å². The van der Waals surface area contributed by atoms with Gasteiger partial charge in [0.2, 0.25) is 5.76 Å². The Hall–Kier alpha value is -2.21. The molecular formula is C22H30FN3O2. The van der Waals surface area contributed by atoms with Crippen LogP contribution in [0.1, 0.15) is 54.9 Å². The Labute approximate surface area is 166 Å². The van der Waals surface area contributed by atoms with Gasteiger partial charge in [0.25, 0.3) is 5.91 Å². The monoisotopic (exact) mass is 387 g/mol. The minimum atomic E-state index is -0.217. The molecule has 6 heteroatoms. The van der Waals surface area contributed by atoms with Gasteiger partial charge in [0.15, 0.2) is 5.89 Å². The molecule has 1 aliphatic heterocycles. The molecule has 3 rings (SSSR count). The number of hydrogen-bond acceptors (Lipinski definition) is 4. The van der Waals surface area contributed by atoms with Gasteiger partial charge >= 0.3 is 0 Å².